The number of aromatic nitrogens is 2. The van der Waals surface area contributed by atoms with Gasteiger partial charge in [-0.2, -0.15) is 5.10 Å². The molecular weight excluding hydrogens is 272 g/mol. The van der Waals surface area contributed by atoms with Crippen LogP contribution in [0.25, 0.3) is 11.3 Å². The van der Waals surface area contributed by atoms with Gasteiger partial charge in [0, 0.05) is 5.56 Å². The number of carboxylic acid groups (broad SMARTS) is 1. The topological polar surface area (TPSA) is 81.4 Å². The smallest absolute Gasteiger partial charge is 0.341 e. The second-order valence-corrected chi connectivity index (χ2v) is 4.25. The van der Waals surface area contributed by atoms with E-state index in [4.69, 9.17) is 9.84 Å². The summed E-state index contributed by atoms with van der Waals surface area (Å²) in [6, 6.07) is 8.23. The summed E-state index contributed by atoms with van der Waals surface area (Å²) >= 11 is 0. The van der Waals surface area contributed by atoms with Crippen molar-refractivity contribution in [3.63, 3.8) is 0 Å². The molecule has 0 radical (unpaired) electrons. The first kappa shape index (κ1) is 14.5. The van der Waals surface area contributed by atoms with Crippen LogP contribution in [0.3, 0.4) is 0 Å². The number of hydrogen-bond donors (Lipinski definition) is 1. The van der Waals surface area contributed by atoms with Crippen LogP contribution < -0.4 is 10.3 Å². The van der Waals surface area contributed by atoms with E-state index in [9.17, 15) is 9.59 Å². The molecule has 2 rings (SSSR count). The summed E-state index contributed by atoms with van der Waals surface area (Å²) in [5, 5.41) is 13.3. The van der Waals surface area contributed by atoms with Crippen molar-refractivity contribution in [1.29, 1.82) is 0 Å². The lowest BCUT2D eigenvalue weighted by molar-refractivity contribution is 0.0694. The number of hydrogen-bond acceptors (Lipinski definition) is 4. The molecule has 0 aliphatic carbocycles. The molecule has 0 fully saturated rings. The van der Waals surface area contributed by atoms with Gasteiger partial charge >= 0.3 is 5.97 Å². The van der Waals surface area contributed by atoms with Gasteiger partial charge in [-0.3, -0.25) is 4.79 Å². The van der Waals surface area contributed by atoms with Crippen LogP contribution in [0.5, 0.6) is 5.75 Å². The maximum atomic E-state index is 11.9. The number of carboxylic acids is 1. The molecule has 108 valence electrons. The highest BCUT2D eigenvalue weighted by atomic mass is 16.5. The Balaban J connectivity index is 2.59. The second kappa shape index (κ2) is 6.04. The second-order valence-electron chi connectivity index (χ2n) is 4.25. The Morgan fingerprint density at radius 2 is 2.10 bits per heavy atom. The minimum absolute atomic E-state index is 0.142. The lowest BCUT2D eigenvalue weighted by Crippen LogP contribution is -2.28. The van der Waals surface area contributed by atoms with Crippen LogP contribution >= 0.6 is 0 Å². The molecule has 1 aromatic carbocycles. The first-order chi connectivity index (χ1) is 10.1. The molecule has 0 atom stereocenters. The van der Waals surface area contributed by atoms with Crippen LogP contribution in [0, 0.1) is 0 Å². The van der Waals surface area contributed by atoms with Crippen molar-refractivity contribution in [2.45, 2.75) is 6.54 Å². The SMILES string of the molecule is C=CCn1nc(-c2ccc(OC)cc2)cc(C(=O)O)c1=O. The number of aromatic carboxylic acids is 1. The van der Waals surface area contributed by atoms with Crippen molar-refractivity contribution in [1.82, 2.24) is 9.78 Å². The summed E-state index contributed by atoms with van der Waals surface area (Å²) < 4.78 is 6.14. The molecule has 0 aliphatic heterocycles. The van der Waals surface area contributed by atoms with E-state index in [1.165, 1.54) is 12.1 Å². The van der Waals surface area contributed by atoms with Gasteiger partial charge in [-0.15, -0.1) is 6.58 Å². The third-order valence-electron chi connectivity index (χ3n) is 2.89. The van der Waals surface area contributed by atoms with Gasteiger partial charge in [0.2, 0.25) is 0 Å². The zero-order valence-corrected chi connectivity index (χ0v) is 11.4. The third kappa shape index (κ3) is 3.00. The van der Waals surface area contributed by atoms with E-state index in [0.29, 0.717) is 17.0 Å². The van der Waals surface area contributed by atoms with Gasteiger partial charge in [-0.05, 0) is 30.3 Å². The standard InChI is InChI=1S/C15H14N2O4/c1-3-8-17-14(18)12(15(19)20)9-13(16-17)10-4-6-11(21-2)7-5-10/h3-7,9H,1,8H2,2H3,(H,19,20). The third-order valence-corrected chi connectivity index (χ3v) is 2.89. The Hall–Kier alpha value is -2.89. The molecule has 0 amide bonds. The lowest BCUT2D eigenvalue weighted by Gasteiger charge is -2.08. The predicted molar refractivity (Wildman–Crippen MR) is 77.6 cm³/mol. The quantitative estimate of drug-likeness (QED) is 0.848. The highest BCUT2D eigenvalue weighted by Crippen LogP contribution is 2.20. The van der Waals surface area contributed by atoms with Crippen molar-refractivity contribution < 1.29 is 14.6 Å². The first-order valence-electron chi connectivity index (χ1n) is 6.17. The molecule has 21 heavy (non-hydrogen) atoms. The van der Waals surface area contributed by atoms with Gasteiger partial charge < -0.3 is 9.84 Å². The van der Waals surface area contributed by atoms with Gasteiger partial charge in [0.05, 0.1) is 19.3 Å². The monoisotopic (exact) mass is 286 g/mol. The molecule has 6 nitrogen and oxygen atoms in total. The van der Waals surface area contributed by atoms with Crippen LogP contribution in [0.15, 0.2) is 47.8 Å². The van der Waals surface area contributed by atoms with Crippen LogP contribution in [-0.4, -0.2) is 28.0 Å². The summed E-state index contributed by atoms with van der Waals surface area (Å²) in [5.74, 6) is -0.605. The average molecular weight is 286 g/mol. The maximum Gasteiger partial charge on any atom is 0.341 e. The summed E-state index contributed by atoms with van der Waals surface area (Å²) in [4.78, 5) is 23.1. The normalized spacial score (nSPS) is 10.1. The zero-order chi connectivity index (χ0) is 15.4. The van der Waals surface area contributed by atoms with E-state index in [-0.39, 0.29) is 12.1 Å². The van der Waals surface area contributed by atoms with Crippen molar-refractivity contribution in [2.24, 2.45) is 0 Å². The fraction of sp³-hybridized carbons (Fsp3) is 0.133. The molecule has 0 spiro atoms. The minimum Gasteiger partial charge on any atom is -0.497 e. The average Bonchev–Trinajstić information content (AvgIpc) is 2.49. The van der Waals surface area contributed by atoms with E-state index in [1.54, 1.807) is 31.4 Å². The number of allylic oxidation sites excluding steroid dienone is 1. The van der Waals surface area contributed by atoms with Crippen molar-refractivity contribution >= 4 is 5.97 Å². The summed E-state index contributed by atoms with van der Waals surface area (Å²) in [5.41, 5.74) is 0.116. The zero-order valence-electron chi connectivity index (χ0n) is 11.4. The lowest BCUT2D eigenvalue weighted by atomic mass is 10.1. The number of methoxy groups -OCH3 is 1. The largest absolute Gasteiger partial charge is 0.497 e. The van der Waals surface area contributed by atoms with Crippen LogP contribution in [0.4, 0.5) is 0 Å². The van der Waals surface area contributed by atoms with Crippen molar-refractivity contribution in [3.05, 3.63) is 58.9 Å². The maximum absolute atomic E-state index is 11.9. The van der Waals surface area contributed by atoms with Crippen LogP contribution in [0.1, 0.15) is 10.4 Å². The summed E-state index contributed by atoms with van der Waals surface area (Å²) in [7, 11) is 1.56. The van der Waals surface area contributed by atoms with E-state index < -0.39 is 11.5 Å². The van der Waals surface area contributed by atoms with E-state index in [0.717, 1.165) is 4.68 Å². The molecule has 2 aromatic rings. The molecule has 0 saturated heterocycles. The minimum atomic E-state index is -1.28. The Labute approximate surface area is 120 Å². The van der Waals surface area contributed by atoms with Gasteiger partial charge in [0.25, 0.3) is 5.56 Å². The van der Waals surface area contributed by atoms with Gasteiger partial charge in [0.15, 0.2) is 0 Å². The number of ether oxygens (including phenoxy) is 1. The Morgan fingerprint density at radius 1 is 1.43 bits per heavy atom. The number of carbonyl (C=O) groups is 1. The number of benzene rings is 1. The van der Waals surface area contributed by atoms with E-state index in [2.05, 4.69) is 11.7 Å². The number of nitrogens with zero attached hydrogens (tertiary/aromatic N) is 2. The highest BCUT2D eigenvalue weighted by Gasteiger charge is 2.14. The van der Waals surface area contributed by atoms with Gasteiger partial charge in [-0.1, -0.05) is 6.08 Å². The molecule has 0 saturated carbocycles. The van der Waals surface area contributed by atoms with Crippen molar-refractivity contribution in [2.75, 3.05) is 7.11 Å². The molecule has 1 N–H and O–H groups in total. The fourth-order valence-electron chi connectivity index (χ4n) is 1.84. The summed E-state index contributed by atoms with van der Waals surface area (Å²) in [6.07, 6.45) is 1.48. The van der Waals surface area contributed by atoms with Gasteiger partial charge in [0.1, 0.15) is 11.3 Å². The molecule has 0 bridgehead atoms. The molecule has 0 aliphatic rings. The molecule has 1 aromatic heterocycles. The van der Waals surface area contributed by atoms with E-state index >= 15 is 0 Å². The van der Waals surface area contributed by atoms with Crippen LogP contribution in [-0.2, 0) is 6.54 Å². The Bertz CT molecular complexity index is 732. The van der Waals surface area contributed by atoms with Crippen LogP contribution in [0.2, 0.25) is 0 Å². The summed E-state index contributed by atoms with van der Waals surface area (Å²) in [6.45, 7) is 3.67. The highest BCUT2D eigenvalue weighted by molar-refractivity contribution is 5.88. The first-order valence-corrected chi connectivity index (χ1v) is 6.17. The van der Waals surface area contributed by atoms with Gasteiger partial charge in [-0.25, -0.2) is 9.48 Å². The molecular formula is C15H14N2O4. The fourth-order valence-corrected chi connectivity index (χ4v) is 1.84. The Morgan fingerprint density at radius 3 is 2.62 bits per heavy atom. The molecule has 1 heterocycles. The van der Waals surface area contributed by atoms with Crippen molar-refractivity contribution in [3.8, 4) is 17.0 Å². The van der Waals surface area contributed by atoms with E-state index in [1.807, 2.05) is 0 Å². The predicted octanol–water partition coefficient (Wildman–Crippen LogP) is 1.80. The Kier molecular flexibility index (Phi) is 4.18. The molecule has 6 heteroatoms. The number of rotatable bonds is 5. The molecule has 0 unspecified atom stereocenters.